The van der Waals surface area contributed by atoms with Crippen molar-refractivity contribution in [3.05, 3.63) is 27.5 Å². The molecule has 0 bridgehead atoms. The van der Waals surface area contributed by atoms with E-state index in [1.807, 2.05) is 13.8 Å². The van der Waals surface area contributed by atoms with E-state index in [4.69, 9.17) is 16.7 Å². The molecule has 7 heteroatoms. The van der Waals surface area contributed by atoms with Gasteiger partial charge in [-0.05, 0) is 24.0 Å². The molecule has 0 unspecified atom stereocenters. The maximum absolute atomic E-state index is 11.3. The summed E-state index contributed by atoms with van der Waals surface area (Å²) in [6.07, 6.45) is 1.02. The van der Waals surface area contributed by atoms with Gasteiger partial charge in [-0.3, -0.25) is 0 Å². The van der Waals surface area contributed by atoms with Gasteiger partial charge in [-0.2, -0.15) is 0 Å². The van der Waals surface area contributed by atoms with E-state index in [0.29, 0.717) is 23.8 Å². The number of carboxylic acid groups (broad SMARTS) is 2. The molecule has 0 aromatic carbocycles. The number of carbonyl (C=O) groups is 2. The second-order valence-corrected chi connectivity index (χ2v) is 4.65. The Bertz CT molecular complexity index is 721. The topological polar surface area (TPSA) is 103 Å². The quantitative estimate of drug-likeness (QED) is 0.805. The molecule has 0 spiro atoms. The number of H-pyrrole nitrogens is 1. The minimum Gasteiger partial charge on any atom is -0.477 e. The van der Waals surface area contributed by atoms with Crippen molar-refractivity contribution in [2.24, 2.45) is 0 Å². The van der Waals surface area contributed by atoms with Crippen molar-refractivity contribution in [1.82, 2.24) is 9.97 Å². The number of rotatable bonds is 4. The molecule has 0 aliphatic rings. The van der Waals surface area contributed by atoms with Crippen LogP contribution >= 0.6 is 11.6 Å². The zero-order valence-electron chi connectivity index (χ0n) is 11.0. The van der Waals surface area contributed by atoms with Crippen LogP contribution in [0.1, 0.15) is 46.0 Å². The Morgan fingerprint density at radius 2 is 1.75 bits per heavy atom. The second kappa shape index (κ2) is 5.13. The zero-order valence-corrected chi connectivity index (χ0v) is 11.7. The van der Waals surface area contributed by atoms with Crippen LogP contribution in [0.5, 0.6) is 0 Å². The number of aryl methyl sites for hydroxylation is 1. The summed E-state index contributed by atoms with van der Waals surface area (Å²) in [6, 6.07) is 0. The first-order chi connectivity index (χ1) is 9.42. The molecule has 106 valence electrons. The Hall–Kier alpha value is -2.08. The van der Waals surface area contributed by atoms with Gasteiger partial charge in [0.15, 0.2) is 5.69 Å². The molecule has 3 N–H and O–H groups in total. The van der Waals surface area contributed by atoms with Crippen molar-refractivity contribution in [2.45, 2.75) is 26.7 Å². The van der Waals surface area contributed by atoms with Gasteiger partial charge in [0.1, 0.15) is 11.3 Å². The van der Waals surface area contributed by atoms with Crippen LogP contribution in [0.4, 0.5) is 0 Å². The molecule has 0 saturated heterocycles. The molecular formula is C13H13ClN2O4. The van der Waals surface area contributed by atoms with Crippen molar-refractivity contribution in [1.29, 1.82) is 0 Å². The average Bonchev–Trinajstić information content (AvgIpc) is 2.73. The highest BCUT2D eigenvalue weighted by molar-refractivity contribution is 6.38. The van der Waals surface area contributed by atoms with E-state index in [9.17, 15) is 14.7 Å². The number of hydrogen-bond acceptors (Lipinski definition) is 3. The number of carboxylic acids is 2. The van der Waals surface area contributed by atoms with Crippen LogP contribution in [-0.4, -0.2) is 32.1 Å². The molecule has 0 aliphatic carbocycles. The lowest BCUT2D eigenvalue weighted by molar-refractivity contribution is 0.0681. The van der Waals surface area contributed by atoms with Gasteiger partial charge in [-0.1, -0.05) is 25.4 Å². The molecule has 2 rings (SSSR count). The van der Waals surface area contributed by atoms with E-state index in [-0.39, 0.29) is 22.1 Å². The summed E-state index contributed by atoms with van der Waals surface area (Å²) < 4.78 is 0. The lowest BCUT2D eigenvalue weighted by atomic mass is 9.98. The summed E-state index contributed by atoms with van der Waals surface area (Å²) in [6.45, 7) is 3.69. The molecule has 2 heterocycles. The third kappa shape index (κ3) is 2.02. The molecule has 0 atom stereocenters. The fraction of sp³-hybridized carbons (Fsp3) is 0.308. The summed E-state index contributed by atoms with van der Waals surface area (Å²) in [4.78, 5) is 29.0. The summed E-state index contributed by atoms with van der Waals surface area (Å²) >= 11 is 6.10. The predicted octanol–water partition coefficient (Wildman–Crippen LogP) is 2.74. The molecule has 0 fully saturated rings. The highest BCUT2D eigenvalue weighted by atomic mass is 35.5. The van der Waals surface area contributed by atoms with E-state index in [1.54, 1.807) is 0 Å². The number of nitrogens with one attached hydrogen (secondary N) is 1. The highest BCUT2D eigenvalue weighted by Gasteiger charge is 2.24. The van der Waals surface area contributed by atoms with E-state index in [0.717, 1.165) is 5.56 Å². The van der Waals surface area contributed by atoms with E-state index >= 15 is 0 Å². The molecule has 0 saturated carbocycles. The molecule has 0 amide bonds. The van der Waals surface area contributed by atoms with Crippen LogP contribution < -0.4 is 0 Å². The van der Waals surface area contributed by atoms with Crippen molar-refractivity contribution in [3.8, 4) is 0 Å². The van der Waals surface area contributed by atoms with Crippen molar-refractivity contribution in [2.75, 3.05) is 0 Å². The van der Waals surface area contributed by atoms with E-state index < -0.39 is 11.9 Å². The Kier molecular flexibility index (Phi) is 3.67. The molecular weight excluding hydrogens is 284 g/mol. The lowest BCUT2D eigenvalue weighted by Crippen LogP contribution is -2.09. The van der Waals surface area contributed by atoms with Crippen molar-refractivity contribution in [3.63, 3.8) is 0 Å². The second-order valence-electron chi connectivity index (χ2n) is 4.27. The maximum Gasteiger partial charge on any atom is 0.354 e. The summed E-state index contributed by atoms with van der Waals surface area (Å²) in [5.74, 6) is -2.34. The molecule has 2 aromatic rings. The Balaban J connectivity index is 2.95. The van der Waals surface area contributed by atoms with Gasteiger partial charge in [-0.25, -0.2) is 14.6 Å². The van der Waals surface area contributed by atoms with E-state index in [1.165, 1.54) is 0 Å². The number of aromatic carboxylic acids is 2. The monoisotopic (exact) mass is 296 g/mol. The number of nitrogens with zero attached hydrogens (tertiary/aromatic N) is 1. The normalized spacial score (nSPS) is 10.9. The first kappa shape index (κ1) is 14.3. The molecule has 6 nitrogen and oxygen atoms in total. The number of pyridine rings is 1. The van der Waals surface area contributed by atoms with Gasteiger partial charge in [0, 0.05) is 5.39 Å². The van der Waals surface area contributed by atoms with Gasteiger partial charge in [0.05, 0.1) is 5.02 Å². The predicted molar refractivity (Wildman–Crippen MR) is 73.8 cm³/mol. The average molecular weight is 297 g/mol. The molecule has 0 radical (unpaired) electrons. The SMILES string of the molecule is CCc1c(C(=O)O)nc2[nH]c(C(=O)O)c(Cl)c2c1CC. The van der Waals surface area contributed by atoms with Crippen molar-refractivity contribution < 1.29 is 19.8 Å². The summed E-state index contributed by atoms with van der Waals surface area (Å²) in [5, 5.41) is 18.9. The van der Waals surface area contributed by atoms with Crippen LogP contribution in [-0.2, 0) is 12.8 Å². The summed E-state index contributed by atoms with van der Waals surface area (Å²) in [7, 11) is 0. The van der Waals surface area contributed by atoms with Crippen LogP contribution in [0.15, 0.2) is 0 Å². The number of aromatic nitrogens is 2. The minimum absolute atomic E-state index is 0.0632. The van der Waals surface area contributed by atoms with Gasteiger partial charge >= 0.3 is 11.9 Å². The van der Waals surface area contributed by atoms with Gasteiger partial charge in [-0.15, -0.1) is 0 Å². The number of hydrogen-bond donors (Lipinski definition) is 3. The van der Waals surface area contributed by atoms with Gasteiger partial charge in [0.2, 0.25) is 0 Å². The largest absolute Gasteiger partial charge is 0.477 e. The maximum atomic E-state index is 11.3. The Morgan fingerprint density at radius 3 is 2.20 bits per heavy atom. The van der Waals surface area contributed by atoms with Crippen LogP contribution in [0, 0.1) is 0 Å². The third-order valence-electron chi connectivity index (χ3n) is 3.22. The number of fused-ring (bicyclic) bond motifs is 1. The zero-order chi connectivity index (χ0) is 15.0. The molecule has 0 aliphatic heterocycles. The van der Waals surface area contributed by atoms with Crippen LogP contribution in [0.2, 0.25) is 5.02 Å². The summed E-state index contributed by atoms with van der Waals surface area (Å²) in [5.41, 5.74) is 1.27. The molecule has 2 aromatic heterocycles. The first-order valence-corrected chi connectivity index (χ1v) is 6.49. The number of halogens is 1. The first-order valence-electron chi connectivity index (χ1n) is 6.11. The number of aromatic amines is 1. The minimum atomic E-state index is -1.20. The fourth-order valence-electron chi connectivity index (χ4n) is 2.39. The Morgan fingerprint density at radius 1 is 1.15 bits per heavy atom. The van der Waals surface area contributed by atoms with Crippen LogP contribution in [0.25, 0.3) is 11.0 Å². The fourth-order valence-corrected chi connectivity index (χ4v) is 2.72. The highest BCUT2D eigenvalue weighted by Crippen LogP contribution is 2.33. The standard InChI is InChI=1S/C13H13ClN2O4/c1-3-5-6(4-2)9(12(17)18)15-11-7(5)8(14)10(16-11)13(19)20/h3-4H2,1-2H3,(H,15,16)(H,17,18)(H,19,20). The lowest BCUT2D eigenvalue weighted by Gasteiger charge is -2.10. The third-order valence-corrected chi connectivity index (χ3v) is 3.60. The van der Waals surface area contributed by atoms with E-state index in [2.05, 4.69) is 9.97 Å². The molecule has 20 heavy (non-hydrogen) atoms. The van der Waals surface area contributed by atoms with Crippen LogP contribution in [0.3, 0.4) is 0 Å². The van der Waals surface area contributed by atoms with Gasteiger partial charge in [0.25, 0.3) is 0 Å². The van der Waals surface area contributed by atoms with Crippen molar-refractivity contribution >= 4 is 34.6 Å². The van der Waals surface area contributed by atoms with Gasteiger partial charge < -0.3 is 15.2 Å². The Labute approximate surface area is 119 Å². The smallest absolute Gasteiger partial charge is 0.354 e.